The first kappa shape index (κ1) is 8.89. The van der Waals surface area contributed by atoms with Crippen LogP contribution in [0, 0.1) is 5.92 Å². The molecule has 2 fully saturated rings. The number of halogens is 1. The summed E-state index contributed by atoms with van der Waals surface area (Å²) in [6, 6.07) is 0. The van der Waals surface area contributed by atoms with E-state index in [-0.39, 0.29) is 5.38 Å². The summed E-state index contributed by atoms with van der Waals surface area (Å²) in [7, 11) is 0. The Morgan fingerprint density at radius 3 is 3.08 bits per heavy atom. The van der Waals surface area contributed by atoms with Crippen molar-refractivity contribution in [2.24, 2.45) is 5.92 Å². The zero-order chi connectivity index (χ0) is 8.55. The Kier molecular flexibility index (Phi) is 2.66. The minimum atomic E-state index is 0.258. The number of alkyl halides is 1. The van der Waals surface area contributed by atoms with Crippen LogP contribution in [-0.2, 0) is 4.79 Å². The molecule has 1 saturated carbocycles. The highest BCUT2D eigenvalue weighted by Crippen LogP contribution is 2.40. The van der Waals surface area contributed by atoms with E-state index in [1.807, 2.05) is 11.8 Å². The van der Waals surface area contributed by atoms with Crippen molar-refractivity contribution in [2.75, 3.05) is 5.75 Å². The lowest BCUT2D eigenvalue weighted by atomic mass is 9.84. The molecule has 1 aliphatic heterocycles. The molecule has 1 saturated heterocycles. The maximum atomic E-state index is 11.5. The first-order chi connectivity index (χ1) is 5.77. The van der Waals surface area contributed by atoms with Crippen LogP contribution in [0.2, 0.25) is 0 Å². The Labute approximate surface area is 82.2 Å². The summed E-state index contributed by atoms with van der Waals surface area (Å²) in [5, 5.41) is 0.857. The second kappa shape index (κ2) is 3.59. The number of ketones is 1. The predicted molar refractivity (Wildman–Crippen MR) is 52.9 cm³/mol. The molecule has 0 radical (unpaired) electrons. The quantitative estimate of drug-likeness (QED) is 0.564. The van der Waals surface area contributed by atoms with Gasteiger partial charge in [-0.25, -0.2) is 0 Å². The van der Waals surface area contributed by atoms with Crippen molar-refractivity contribution in [2.45, 2.75) is 36.3 Å². The van der Waals surface area contributed by atoms with E-state index in [0.29, 0.717) is 17.0 Å². The van der Waals surface area contributed by atoms with E-state index in [1.54, 1.807) is 0 Å². The minimum absolute atomic E-state index is 0.258. The number of thioether (sulfide) groups is 1. The fraction of sp³-hybridized carbons (Fsp3) is 0.889. The summed E-state index contributed by atoms with van der Waals surface area (Å²) in [6.45, 7) is 0. The van der Waals surface area contributed by atoms with Crippen LogP contribution in [0.3, 0.4) is 0 Å². The topological polar surface area (TPSA) is 17.1 Å². The Bertz CT molecular complexity index is 195. The zero-order valence-electron chi connectivity index (χ0n) is 6.96. The van der Waals surface area contributed by atoms with Gasteiger partial charge in [0.2, 0.25) is 0 Å². The Balaban J connectivity index is 2.05. The molecular formula is C9H13ClOS. The lowest BCUT2D eigenvalue weighted by Crippen LogP contribution is -2.36. The predicted octanol–water partition coefficient (Wildman–Crippen LogP) is 2.47. The Morgan fingerprint density at radius 2 is 2.25 bits per heavy atom. The van der Waals surface area contributed by atoms with Crippen LogP contribution in [0.5, 0.6) is 0 Å². The average Bonchev–Trinajstić information content (AvgIpc) is 2.07. The lowest BCUT2D eigenvalue weighted by Gasteiger charge is -2.35. The number of hydrogen-bond acceptors (Lipinski definition) is 2. The fourth-order valence-electron chi connectivity index (χ4n) is 2.13. The van der Waals surface area contributed by atoms with Crippen molar-refractivity contribution < 1.29 is 4.79 Å². The van der Waals surface area contributed by atoms with Crippen LogP contribution in [0.1, 0.15) is 25.7 Å². The molecule has 2 aliphatic rings. The van der Waals surface area contributed by atoms with E-state index in [9.17, 15) is 4.79 Å². The summed E-state index contributed by atoms with van der Waals surface area (Å²) < 4.78 is 0. The van der Waals surface area contributed by atoms with Crippen molar-refractivity contribution in [1.82, 2.24) is 0 Å². The summed E-state index contributed by atoms with van der Waals surface area (Å²) in [5.41, 5.74) is 0. The highest BCUT2D eigenvalue weighted by Gasteiger charge is 2.36. The van der Waals surface area contributed by atoms with Gasteiger partial charge >= 0.3 is 0 Å². The van der Waals surface area contributed by atoms with Crippen LogP contribution in [0.25, 0.3) is 0 Å². The number of Topliss-reactive ketones (excluding diaryl/α,β-unsaturated/α-hetero) is 1. The number of carbonyl (C=O) groups excluding carboxylic acids is 1. The molecule has 68 valence electrons. The third-order valence-electron chi connectivity index (χ3n) is 2.82. The third kappa shape index (κ3) is 1.64. The number of carbonyl (C=O) groups is 1. The van der Waals surface area contributed by atoms with E-state index < -0.39 is 0 Å². The van der Waals surface area contributed by atoms with Gasteiger partial charge < -0.3 is 0 Å². The van der Waals surface area contributed by atoms with Crippen molar-refractivity contribution in [1.29, 1.82) is 0 Å². The number of rotatable bonds is 0. The monoisotopic (exact) mass is 204 g/mol. The van der Waals surface area contributed by atoms with Crippen LogP contribution in [0.4, 0.5) is 0 Å². The molecule has 3 atom stereocenters. The molecule has 0 spiro atoms. The molecule has 3 heteroatoms. The second-order valence-corrected chi connectivity index (χ2v) is 5.61. The van der Waals surface area contributed by atoms with Crippen LogP contribution >= 0.6 is 23.4 Å². The van der Waals surface area contributed by atoms with Crippen LogP contribution < -0.4 is 0 Å². The van der Waals surface area contributed by atoms with Gasteiger partial charge in [-0.3, -0.25) is 4.79 Å². The molecule has 0 aromatic rings. The smallest absolute Gasteiger partial charge is 0.137 e. The molecular weight excluding hydrogens is 192 g/mol. The molecule has 0 N–H and O–H groups in total. The third-order valence-corrected chi connectivity index (χ3v) is 4.65. The zero-order valence-corrected chi connectivity index (χ0v) is 8.53. The molecule has 12 heavy (non-hydrogen) atoms. The van der Waals surface area contributed by atoms with Gasteiger partial charge in [-0.1, -0.05) is 0 Å². The first-order valence-electron chi connectivity index (χ1n) is 4.56. The van der Waals surface area contributed by atoms with Gasteiger partial charge in [-0.2, -0.15) is 11.8 Å². The molecule has 0 aromatic carbocycles. The molecule has 1 aliphatic carbocycles. The van der Waals surface area contributed by atoms with Crippen molar-refractivity contribution in [3.8, 4) is 0 Å². The highest BCUT2D eigenvalue weighted by atomic mass is 35.5. The van der Waals surface area contributed by atoms with Gasteiger partial charge in [0.05, 0.1) is 0 Å². The van der Waals surface area contributed by atoms with Gasteiger partial charge in [0, 0.05) is 28.7 Å². The summed E-state index contributed by atoms with van der Waals surface area (Å²) >= 11 is 8.01. The Hall–Kier alpha value is 0.310. The molecule has 2 rings (SSSR count). The van der Waals surface area contributed by atoms with E-state index in [0.717, 1.165) is 31.4 Å². The normalized spacial score (nSPS) is 42.4. The molecule has 0 amide bonds. The summed E-state index contributed by atoms with van der Waals surface area (Å²) in [5.74, 6) is 1.79. The number of fused-ring (bicyclic) bond motifs is 1. The Morgan fingerprint density at radius 1 is 1.42 bits per heavy atom. The molecule has 0 aromatic heterocycles. The van der Waals surface area contributed by atoms with E-state index >= 15 is 0 Å². The maximum Gasteiger partial charge on any atom is 0.137 e. The van der Waals surface area contributed by atoms with Crippen LogP contribution in [0.15, 0.2) is 0 Å². The van der Waals surface area contributed by atoms with Crippen molar-refractivity contribution in [3.63, 3.8) is 0 Å². The van der Waals surface area contributed by atoms with Crippen molar-refractivity contribution in [3.05, 3.63) is 0 Å². The van der Waals surface area contributed by atoms with Gasteiger partial charge in [0.1, 0.15) is 5.78 Å². The number of hydrogen-bond donors (Lipinski definition) is 0. The van der Waals surface area contributed by atoms with Gasteiger partial charge in [-0.05, 0) is 19.3 Å². The second-order valence-electron chi connectivity index (χ2n) is 3.64. The summed E-state index contributed by atoms with van der Waals surface area (Å²) in [6.07, 6.45) is 3.95. The van der Waals surface area contributed by atoms with Gasteiger partial charge in [0.25, 0.3) is 0 Å². The average molecular weight is 205 g/mol. The van der Waals surface area contributed by atoms with E-state index in [2.05, 4.69) is 0 Å². The maximum absolute atomic E-state index is 11.5. The highest BCUT2D eigenvalue weighted by molar-refractivity contribution is 8.00. The van der Waals surface area contributed by atoms with Crippen molar-refractivity contribution >= 4 is 29.1 Å². The molecule has 1 nitrogen and oxygen atoms in total. The molecule has 1 heterocycles. The van der Waals surface area contributed by atoms with Gasteiger partial charge in [-0.15, -0.1) is 11.6 Å². The molecule has 3 unspecified atom stereocenters. The minimum Gasteiger partial charge on any atom is -0.299 e. The summed E-state index contributed by atoms with van der Waals surface area (Å²) in [4.78, 5) is 11.5. The van der Waals surface area contributed by atoms with Gasteiger partial charge in [0.15, 0.2) is 0 Å². The van der Waals surface area contributed by atoms with E-state index in [1.165, 1.54) is 0 Å². The van der Waals surface area contributed by atoms with E-state index in [4.69, 9.17) is 11.6 Å². The molecule has 0 bridgehead atoms. The first-order valence-corrected chi connectivity index (χ1v) is 6.04. The fourth-order valence-corrected chi connectivity index (χ4v) is 3.86. The standard InChI is InChI=1S/C9H13ClOS/c10-6-1-2-9-7(5-6)8(11)3-4-12-9/h6-7,9H,1-5H2. The lowest BCUT2D eigenvalue weighted by molar-refractivity contribution is -0.123. The largest absolute Gasteiger partial charge is 0.299 e. The van der Waals surface area contributed by atoms with Crippen LogP contribution in [-0.4, -0.2) is 22.2 Å². The SMILES string of the molecule is O=C1CCSC2CCC(Cl)CC12.